The van der Waals surface area contributed by atoms with Crippen LogP contribution in [0.5, 0.6) is 5.75 Å². The molecule has 0 spiro atoms. The molecule has 0 bridgehead atoms. The molecule has 1 atom stereocenters. The second-order valence-corrected chi connectivity index (χ2v) is 9.35. The van der Waals surface area contributed by atoms with Crippen LogP contribution >= 0.6 is 23.2 Å². The van der Waals surface area contributed by atoms with E-state index < -0.39 is 10.0 Å². The Hall–Kier alpha value is -1.96. The lowest BCUT2D eigenvalue weighted by atomic mass is 10.1. The number of carbonyl (C=O) groups excluding carboxylic acids is 1. The van der Waals surface area contributed by atoms with Crippen LogP contribution in [0.4, 0.5) is 5.69 Å². The van der Waals surface area contributed by atoms with Gasteiger partial charge in [-0.3, -0.25) is 9.10 Å². The molecule has 0 aliphatic rings. The van der Waals surface area contributed by atoms with Gasteiger partial charge in [-0.05, 0) is 49.2 Å². The van der Waals surface area contributed by atoms with Crippen LogP contribution in [0.15, 0.2) is 42.5 Å². The van der Waals surface area contributed by atoms with E-state index in [9.17, 15) is 13.2 Å². The number of nitrogens with one attached hydrogen (secondary N) is 1. The number of methoxy groups -OCH3 is 1. The van der Waals surface area contributed by atoms with Crippen LogP contribution in [-0.4, -0.2) is 34.2 Å². The molecule has 29 heavy (non-hydrogen) atoms. The Morgan fingerprint density at radius 3 is 2.41 bits per heavy atom. The zero-order valence-electron chi connectivity index (χ0n) is 16.5. The first kappa shape index (κ1) is 23.3. The van der Waals surface area contributed by atoms with Gasteiger partial charge in [0, 0.05) is 18.0 Å². The summed E-state index contributed by atoms with van der Waals surface area (Å²) >= 11 is 12.1. The Morgan fingerprint density at radius 1 is 1.17 bits per heavy atom. The Balaban J connectivity index is 1.96. The normalized spacial score (nSPS) is 12.3. The quantitative estimate of drug-likeness (QED) is 0.602. The van der Waals surface area contributed by atoms with Crippen molar-refractivity contribution in [1.82, 2.24) is 5.32 Å². The molecule has 0 aromatic heterocycles. The third-order valence-corrected chi connectivity index (χ3v) is 6.07. The summed E-state index contributed by atoms with van der Waals surface area (Å²) in [5.41, 5.74) is 1.25. The van der Waals surface area contributed by atoms with Crippen molar-refractivity contribution in [1.29, 1.82) is 0 Å². The molecule has 2 rings (SSSR count). The summed E-state index contributed by atoms with van der Waals surface area (Å²) in [4.78, 5) is 12.3. The molecule has 0 aliphatic carbocycles. The lowest BCUT2D eigenvalue weighted by Gasteiger charge is -2.23. The Labute approximate surface area is 181 Å². The van der Waals surface area contributed by atoms with Crippen molar-refractivity contribution < 1.29 is 17.9 Å². The fourth-order valence-corrected chi connectivity index (χ4v) is 4.22. The number of hydrogen-bond donors (Lipinski definition) is 1. The van der Waals surface area contributed by atoms with E-state index >= 15 is 0 Å². The van der Waals surface area contributed by atoms with Gasteiger partial charge in [0.25, 0.3) is 0 Å². The third kappa shape index (κ3) is 6.80. The summed E-state index contributed by atoms with van der Waals surface area (Å²) < 4.78 is 30.7. The van der Waals surface area contributed by atoms with Crippen LogP contribution < -0.4 is 14.4 Å². The molecular formula is C20H24Cl2N2O4S. The molecule has 9 heteroatoms. The first-order valence-corrected chi connectivity index (χ1v) is 11.6. The van der Waals surface area contributed by atoms with Gasteiger partial charge in [-0.15, -0.1) is 0 Å². The predicted octanol–water partition coefficient (Wildman–Crippen LogP) is 4.43. The summed E-state index contributed by atoms with van der Waals surface area (Å²) in [6.07, 6.45) is 1.60. The highest BCUT2D eigenvalue weighted by Crippen LogP contribution is 2.31. The highest BCUT2D eigenvalue weighted by Gasteiger charge is 2.21. The molecule has 2 aromatic carbocycles. The fraction of sp³-hybridized carbons (Fsp3) is 0.350. The monoisotopic (exact) mass is 458 g/mol. The van der Waals surface area contributed by atoms with Gasteiger partial charge in [-0.1, -0.05) is 35.3 Å². The minimum absolute atomic E-state index is 0.114. The van der Waals surface area contributed by atoms with Gasteiger partial charge in [-0.2, -0.15) is 0 Å². The predicted molar refractivity (Wildman–Crippen MR) is 117 cm³/mol. The lowest BCUT2D eigenvalue weighted by molar-refractivity contribution is -0.121. The van der Waals surface area contributed by atoms with Gasteiger partial charge in [0.2, 0.25) is 15.9 Å². The van der Waals surface area contributed by atoms with Crippen molar-refractivity contribution in [3.8, 4) is 5.75 Å². The second kappa shape index (κ2) is 10.2. The third-order valence-electron chi connectivity index (χ3n) is 4.34. The SMILES string of the molecule is COc1ccc([C@H](C)NC(=O)CCCN(c2cc(Cl)ccc2Cl)S(C)(=O)=O)cc1. The number of rotatable bonds is 9. The second-order valence-electron chi connectivity index (χ2n) is 6.60. The average Bonchev–Trinajstić information content (AvgIpc) is 2.66. The molecule has 1 N–H and O–H groups in total. The van der Waals surface area contributed by atoms with E-state index in [2.05, 4.69) is 5.32 Å². The van der Waals surface area contributed by atoms with E-state index in [1.807, 2.05) is 31.2 Å². The number of sulfonamides is 1. The van der Waals surface area contributed by atoms with Crippen molar-refractivity contribution in [2.45, 2.75) is 25.8 Å². The van der Waals surface area contributed by atoms with Crippen LogP contribution in [0.3, 0.4) is 0 Å². The van der Waals surface area contributed by atoms with Crippen LogP contribution in [0, 0.1) is 0 Å². The highest BCUT2D eigenvalue weighted by molar-refractivity contribution is 7.92. The number of carbonyl (C=O) groups is 1. The van der Waals surface area contributed by atoms with Gasteiger partial charge in [0.05, 0.1) is 30.1 Å². The molecule has 2 aromatic rings. The summed E-state index contributed by atoms with van der Waals surface area (Å²) in [5.74, 6) is 0.576. The Bertz CT molecular complexity index is 949. The molecule has 0 radical (unpaired) electrons. The first-order chi connectivity index (χ1) is 13.6. The van der Waals surface area contributed by atoms with E-state index in [0.717, 1.165) is 17.6 Å². The number of halogens is 2. The van der Waals surface area contributed by atoms with Crippen molar-refractivity contribution in [3.05, 3.63) is 58.1 Å². The summed E-state index contributed by atoms with van der Waals surface area (Å²) in [7, 11) is -1.99. The number of hydrogen-bond acceptors (Lipinski definition) is 4. The molecular weight excluding hydrogens is 435 g/mol. The number of benzene rings is 2. The van der Waals surface area contributed by atoms with Crippen molar-refractivity contribution >= 4 is 44.8 Å². The van der Waals surface area contributed by atoms with Crippen molar-refractivity contribution in [2.75, 3.05) is 24.2 Å². The van der Waals surface area contributed by atoms with E-state index in [4.69, 9.17) is 27.9 Å². The molecule has 6 nitrogen and oxygen atoms in total. The van der Waals surface area contributed by atoms with Crippen LogP contribution in [0.1, 0.15) is 31.4 Å². The van der Waals surface area contributed by atoms with Gasteiger partial charge < -0.3 is 10.1 Å². The number of amides is 1. The van der Waals surface area contributed by atoms with Crippen molar-refractivity contribution in [3.63, 3.8) is 0 Å². The first-order valence-electron chi connectivity index (χ1n) is 8.98. The molecule has 0 heterocycles. The van der Waals surface area contributed by atoms with Gasteiger partial charge in [0.15, 0.2) is 0 Å². The Morgan fingerprint density at radius 2 is 1.83 bits per heavy atom. The largest absolute Gasteiger partial charge is 0.497 e. The highest BCUT2D eigenvalue weighted by atomic mass is 35.5. The number of anilines is 1. The maximum atomic E-state index is 12.3. The van der Waals surface area contributed by atoms with E-state index in [0.29, 0.717) is 17.1 Å². The van der Waals surface area contributed by atoms with E-state index in [-0.39, 0.29) is 29.9 Å². The van der Waals surface area contributed by atoms with Gasteiger partial charge in [0.1, 0.15) is 5.75 Å². The van der Waals surface area contributed by atoms with Crippen molar-refractivity contribution in [2.24, 2.45) is 0 Å². The maximum Gasteiger partial charge on any atom is 0.232 e. The van der Waals surface area contributed by atoms with Gasteiger partial charge in [-0.25, -0.2) is 8.42 Å². The fourth-order valence-electron chi connectivity index (χ4n) is 2.81. The summed E-state index contributed by atoms with van der Waals surface area (Å²) in [6.45, 7) is 2.00. The zero-order valence-corrected chi connectivity index (χ0v) is 18.8. The van der Waals surface area contributed by atoms with E-state index in [1.165, 1.54) is 10.4 Å². The minimum Gasteiger partial charge on any atom is -0.497 e. The van der Waals surface area contributed by atoms with Gasteiger partial charge >= 0.3 is 0 Å². The molecule has 0 unspecified atom stereocenters. The van der Waals surface area contributed by atoms with Crippen LogP contribution in [-0.2, 0) is 14.8 Å². The number of ether oxygens (including phenoxy) is 1. The topological polar surface area (TPSA) is 75.7 Å². The lowest BCUT2D eigenvalue weighted by Crippen LogP contribution is -2.32. The average molecular weight is 459 g/mol. The molecule has 1 amide bonds. The van der Waals surface area contributed by atoms with E-state index in [1.54, 1.807) is 19.2 Å². The smallest absolute Gasteiger partial charge is 0.232 e. The molecule has 0 saturated heterocycles. The minimum atomic E-state index is -3.58. The standard InChI is InChI=1S/C20H24Cl2N2O4S/c1-14(15-6-9-17(28-2)10-7-15)23-20(25)5-4-12-24(29(3,26)27)19-13-16(21)8-11-18(19)22/h6-11,13-14H,4-5,12H2,1-3H3,(H,23,25)/t14-/m0/s1. The maximum absolute atomic E-state index is 12.3. The Kier molecular flexibility index (Phi) is 8.19. The number of nitrogens with zero attached hydrogens (tertiary/aromatic N) is 1. The summed E-state index contributed by atoms with van der Waals surface area (Å²) in [6, 6.07) is 11.9. The molecule has 158 valence electrons. The molecule has 0 aliphatic heterocycles. The summed E-state index contributed by atoms with van der Waals surface area (Å²) in [5, 5.41) is 3.57. The zero-order chi connectivity index (χ0) is 21.6. The van der Waals surface area contributed by atoms with Crippen LogP contribution in [0.2, 0.25) is 10.0 Å². The molecule has 0 fully saturated rings. The molecule has 0 saturated carbocycles. The van der Waals surface area contributed by atoms with Crippen LogP contribution in [0.25, 0.3) is 0 Å².